The molecule has 33 heavy (non-hydrogen) atoms. The maximum absolute atomic E-state index is 13.1. The Bertz CT molecular complexity index is 896. The third-order valence-corrected chi connectivity index (χ3v) is 7.13. The summed E-state index contributed by atoms with van der Waals surface area (Å²) in [6.07, 6.45) is 6.87. The second-order valence-corrected chi connectivity index (χ2v) is 9.52. The Kier molecular flexibility index (Phi) is 8.21. The Hall–Kier alpha value is -2.60. The fourth-order valence-corrected chi connectivity index (χ4v) is 5.12. The normalized spacial score (nSPS) is 19.9. The third-order valence-electron chi connectivity index (χ3n) is 7.13. The first kappa shape index (κ1) is 23.6. The molecule has 5 nitrogen and oxygen atoms in total. The van der Waals surface area contributed by atoms with E-state index in [-0.39, 0.29) is 11.8 Å². The first-order valence-electron chi connectivity index (χ1n) is 12.3. The van der Waals surface area contributed by atoms with Crippen LogP contribution in [-0.2, 0) is 6.42 Å². The lowest BCUT2D eigenvalue weighted by molar-refractivity contribution is 0.145. The van der Waals surface area contributed by atoms with Crippen molar-refractivity contribution in [3.8, 4) is 5.75 Å². The Balaban J connectivity index is 1.17. The van der Waals surface area contributed by atoms with Crippen molar-refractivity contribution in [3.63, 3.8) is 0 Å². The quantitative estimate of drug-likeness (QED) is 0.609. The molecule has 178 valence electrons. The van der Waals surface area contributed by atoms with Gasteiger partial charge in [-0.15, -0.1) is 0 Å². The molecular weight excluding hydrogens is 417 g/mol. The van der Waals surface area contributed by atoms with Crippen LogP contribution in [0.3, 0.4) is 0 Å². The number of hydrogen-bond donors (Lipinski definition) is 1. The van der Waals surface area contributed by atoms with E-state index in [1.54, 1.807) is 19.2 Å². The maximum atomic E-state index is 13.1. The van der Waals surface area contributed by atoms with Gasteiger partial charge in [0.15, 0.2) is 0 Å². The highest BCUT2D eigenvalue weighted by atomic mass is 19.1. The molecule has 4 rings (SSSR count). The van der Waals surface area contributed by atoms with Crippen molar-refractivity contribution in [2.24, 2.45) is 11.8 Å². The van der Waals surface area contributed by atoms with E-state index < -0.39 is 0 Å². The number of carbonyl (C=O) groups excluding carboxylic acids is 1. The van der Waals surface area contributed by atoms with E-state index in [0.29, 0.717) is 11.8 Å². The zero-order chi connectivity index (χ0) is 23.0. The number of nitrogens with one attached hydrogen (secondary N) is 1. The van der Waals surface area contributed by atoms with Crippen molar-refractivity contribution >= 4 is 11.7 Å². The number of halogens is 1. The Morgan fingerprint density at radius 2 is 1.85 bits per heavy atom. The molecule has 6 heteroatoms. The van der Waals surface area contributed by atoms with Crippen LogP contribution in [0.2, 0.25) is 0 Å². The lowest BCUT2D eigenvalue weighted by Crippen LogP contribution is -2.43. The number of rotatable bonds is 7. The summed E-state index contributed by atoms with van der Waals surface area (Å²) >= 11 is 0. The topological polar surface area (TPSA) is 44.8 Å². The Morgan fingerprint density at radius 3 is 2.61 bits per heavy atom. The minimum Gasteiger partial charge on any atom is -0.497 e. The van der Waals surface area contributed by atoms with Gasteiger partial charge in [0.2, 0.25) is 0 Å². The van der Waals surface area contributed by atoms with Gasteiger partial charge in [0.1, 0.15) is 11.6 Å². The van der Waals surface area contributed by atoms with E-state index in [1.165, 1.54) is 24.8 Å². The first-order valence-corrected chi connectivity index (χ1v) is 12.3. The highest BCUT2D eigenvalue weighted by Gasteiger charge is 2.25. The van der Waals surface area contributed by atoms with Gasteiger partial charge in [0, 0.05) is 24.8 Å². The van der Waals surface area contributed by atoms with Crippen LogP contribution in [0.1, 0.15) is 37.7 Å². The first-order chi connectivity index (χ1) is 16.1. The van der Waals surface area contributed by atoms with E-state index in [0.717, 1.165) is 63.4 Å². The predicted octanol–water partition coefficient (Wildman–Crippen LogP) is 5.42. The molecule has 2 aromatic rings. The number of piperidine rings is 2. The van der Waals surface area contributed by atoms with Crippen LogP contribution in [0.5, 0.6) is 5.75 Å². The summed E-state index contributed by atoms with van der Waals surface area (Å²) in [6.45, 7) is 5.04. The molecule has 1 atom stereocenters. The number of likely N-dealkylation sites (tertiary alicyclic amines) is 2. The summed E-state index contributed by atoms with van der Waals surface area (Å²) in [5.41, 5.74) is 2.01. The van der Waals surface area contributed by atoms with Crippen molar-refractivity contribution in [2.75, 3.05) is 45.2 Å². The number of carbonyl (C=O) groups is 1. The summed E-state index contributed by atoms with van der Waals surface area (Å²) in [6, 6.07) is 14.4. The largest absolute Gasteiger partial charge is 0.497 e. The molecule has 0 aromatic heterocycles. The number of anilines is 1. The van der Waals surface area contributed by atoms with Gasteiger partial charge in [-0.25, -0.2) is 9.18 Å². The molecule has 2 heterocycles. The second kappa shape index (κ2) is 11.5. The van der Waals surface area contributed by atoms with Crippen LogP contribution in [0.15, 0.2) is 48.5 Å². The molecule has 1 N–H and O–H groups in total. The van der Waals surface area contributed by atoms with Crippen molar-refractivity contribution in [1.29, 1.82) is 0 Å². The molecule has 2 saturated heterocycles. The van der Waals surface area contributed by atoms with Crippen LogP contribution in [0, 0.1) is 17.7 Å². The number of benzene rings is 2. The monoisotopic (exact) mass is 453 g/mol. The minimum absolute atomic E-state index is 0.0189. The number of urea groups is 1. The van der Waals surface area contributed by atoms with Gasteiger partial charge >= 0.3 is 6.03 Å². The fourth-order valence-electron chi connectivity index (χ4n) is 5.12. The van der Waals surface area contributed by atoms with E-state index in [4.69, 9.17) is 4.74 Å². The standard InChI is InChI=1S/C27H36FN3O2/c1-33-26-6-2-5-25(19-26)29-27(32)31-14-3-4-23(20-31)13-17-30-15-11-22(12-16-30)18-21-7-9-24(28)10-8-21/h2,5-10,19,22-23H,3-4,11-18,20H2,1H3,(H,29,32). The summed E-state index contributed by atoms with van der Waals surface area (Å²) in [5, 5.41) is 3.02. The van der Waals surface area contributed by atoms with Gasteiger partial charge in [-0.3, -0.25) is 0 Å². The minimum atomic E-state index is -0.160. The zero-order valence-corrected chi connectivity index (χ0v) is 19.6. The molecule has 0 aliphatic carbocycles. The number of methoxy groups -OCH3 is 1. The molecule has 0 spiro atoms. The van der Waals surface area contributed by atoms with Crippen molar-refractivity contribution in [1.82, 2.24) is 9.80 Å². The Morgan fingerprint density at radius 1 is 1.06 bits per heavy atom. The third kappa shape index (κ3) is 6.94. The number of nitrogens with zero attached hydrogens (tertiary/aromatic N) is 2. The highest BCUT2D eigenvalue weighted by molar-refractivity contribution is 5.89. The van der Waals surface area contributed by atoms with Gasteiger partial charge < -0.3 is 19.9 Å². The average molecular weight is 454 g/mol. The SMILES string of the molecule is COc1cccc(NC(=O)N2CCCC(CCN3CCC(Cc4ccc(F)cc4)CC3)C2)c1. The zero-order valence-electron chi connectivity index (χ0n) is 19.6. The smallest absolute Gasteiger partial charge is 0.321 e. The number of ether oxygens (including phenoxy) is 1. The van der Waals surface area contributed by atoms with Crippen LogP contribution in [0.25, 0.3) is 0 Å². The second-order valence-electron chi connectivity index (χ2n) is 9.52. The van der Waals surface area contributed by atoms with Gasteiger partial charge in [0.05, 0.1) is 7.11 Å². The number of amides is 2. The molecule has 0 saturated carbocycles. The molecule has 2 amide bonds. The van der Waals surface area contributed by atoms with Crippen molar-refractivity contribution in [3.05, 3.63) is 59.9 Å². The lowest BCUT2D eigenvalue weighted by atomic mass is 9.89. The van der Waals surface area contributed by atoms with Crippen molar-refractivity contribution < 1.29 is 13.9 Å². The molecule has 0 radical (unpaired) electrons. The van der Waals surface area contributed by atoms with E-state index in [2.05, 4.69) is 10.2 Å². The Labute approximate surface area is 196 Å². The van der Waals surface area contributed by atoms with E-state index >= 15 is 0 Å². The van der Waals surface area contributed by atoms with Crippen molar-refractivity contribution in [2.45, 2.75) is 38.5 Å². The molecule has 2 aliphatic rings. The average Bonchev–Trinajstić information content (AvgIpc) is 2.85. The van der Waals surface area contributed by atoms with Crippen LogP contribution < -0.4 is 10.1 Å². The van der Waals surface area contributed by atoms with Gasteiger partial charge in [-0.05, 0) is 99.8 Å². The lowest BCUT2D eigenvalue weighted by Gasteiger charge is -2.36. The fraction of sp³-hybridized carbons (Fsp3) is 0.519. The van der Waals surface area contributed by atoms with E-state index in [1.807, 2.05) is 41.3 Å². The van der Waals surface area contributed by atoms with Gasteiger partial charge in [0.25, 0.3) is 0 Å². The number of hydrogen-bond acceptors (Lipinski definition) is 3. The highest BCUT2D eigenvalue weighted by Crippen LogP contribution is 2.25. The molecule has 2 aromatic carbocycles. The maximum Gasteiger partial charge on any atom is 0.321 e. The van der Waals surface area contributed by atoms with Crippen LogP contribution >= 0.6 is 0 Å². The predicted molar refractivity (Wildman–Crippen MR) is 130 cm³/mol. The molecule has 0 bridgehead atoms. The summed E-state index contributed by atoms with van der Waals surface area (Å²) in [5.74, 6) is 1.84. The molecule has 2 fully saturated rings. The molecule has 1 unspecified atom stereocenters. The van der Waals surface area contributed by atoms with Crippen LogP contribution in [-0.4, -0.2) is 55.7 Å². The van der Waals surface area contributed by atoms with E-state index in [9.17, 15) is 9.18 Å². The summed E-state index contributed by atoms with van der Waals surface area (Å²) in [4.78, 5) is 17.3. The molecule has 2 aliphatic heterocycles. The summed E-state index contributed by atoms with van der Waals surface area (Å²) < 4.78 is 18.4. The van der Waals surface area contributed by atoms with Crippen LogP contribution in [0.4, 0.5) is 14.9 Å². The van der Waals surface area contributed by atoms with Gasteiger partial charge in [-0.1, -0.05) is 18.2 Å². The molecular formula is C27H36FN3O2. The summed E-state index contributed by atoms with van der Waals surface area (Å²) in [7, 11) is 1.63. The van der Waals surface area contributed by atoms with Gasteiger partial charge in [-0.2, -0.15) is 0 Å².